The van der Waals surface area contributed by atoms with Gasteiger partial charge < -0.3 is 19.8 Å². The van der Waals surface area contributed by atoms with Gasteiger partial charge in [-0.1, -0.05) is 82.4 Å². The Morgan fingerprint density at radius 1 is 0.846 bits per heavy atom. The van der Waals surface area contributed by atoms with E-state index in [-0.39, 0.29) is 19.1 Å². The molecule has 39 heavy (non-hydrogen) atoms. The lowest BCUT2D eigenvalue weighted by Crippen LogP contribution is -2.45. The maximum absolute atomic E-state index is 12.4. The Hall–Kier alpha value is -1.28. The summed E-state index contributed by atoms with van der Waals surface area (Å²) in [5.74, 6) is -0.215. The van der Waals surface area contributed by atoms with E-state index in [0.29, 0.717) is 17.4 Å². The SMILES string of the molecule is CCCCC/C=C/CC/C=C/CC/C=C/C(O)C(COP(=O)(O)OCC[N+](C)(C)C)NC(=O)CCCCCC. The van der Waals surface area contributed by atoms with E-state index in [4.69, 9.17) is 9.05 Å². The van der Waals surface area contributed by atoms with Crippen molar-refractivity contribution in [3.8, 4) is 0 Å². The number of aliphatic hydroxyl groups is 1. The number of allylic oxidation sites excluding steroid dienone is 5. The van der Waals surface area contributed by atoms with Gasteiger partial charge in [0.25, 0.3) is 0 Å². The second kappa shape index (κ2) is 23.4. The van der Waals surface area contributed by atoms with E-state index in [1.165, 1.54) is 19.3 Å². The molecule has 0 aliphatic heterocycles. The van der Waals surface area contributed by atoms with Gasteiger partial charge in [-0.05, 0) is 44.9 Å². The van der Waals surface area contributed by atoms with Gasteiger partial charge in [0, 0.05) is 6.42 Å². The van der Waals surface area contributed by atoms with Crippen molar-refractivity contribution in [1.82, 2.24) is 5.32 Å². The van der Waals surface area contributed by atoms with E-state index in [1.807, 2.05) is 27.2 Å². The second-order valence-corrected chi connectivity index (χ2v) is 12.6. The normalized spacial score (nSPS) is 15.8. The molecule has 0 aromatic heterocycles. The third kappa shape index (κ3) is 25.4. The molecule has 0 heterocycles. The van der Waals surface area contributed by atoms with Crippen molar-refractivity contribution in [3.63, 3.8) is 0 Å². The zero-order chi connectivity index (χ0) is 29.4. The molecule has 228 valence electrons. The lowest BCUT2D eigenvalue weighted by atomic mass is 10.1. The molecule has 3 N–H and O–H groups in total. The number of phosphoric acid groups is 1. The number of nitrogens with zero attached hydrogens (tertiary/aromatic N) is 1. The third-order valence-electron chi connectivity index (χ3n) is 6.09. The molecular formula is C30H58N2O6P+. The van der Waals surface area contributed by atoms with Gasteiger partial charge in [-0.2, -0.15) is 0 Å². The van der Waals surface area contributed by atoms with E-state index in [0.717, 1.165) is 57.8 Å². The number of carbonyl (C=O) groups excluding carboxylic acids is 1. The monoisotopic (exact) mass is 573 g/mol. The molecule has 0 saturated heterocycles. The number of amides is 1. The van der Waals surface area contributed by atoms with Crippen molar-refractivity contribution in [2.45, 2.75) is 109 Å². The number of rotatable bonds is 25. The zero-order valence-corrected chi connectivity index (χ0v) is 26.2. The molecule has 0 bridgehead atoms. The Morgan fingerprint density at radius 3 is 2.00 bits per heavy atom. The molecule has 0 aromatic rings. The van der Waals surface area contributed by atoms with Crippen LogP contribution in [0.4, 0.5) is 0 Å². The first kappa shape index (κ1) is 37.7. The largest absolute Gasteiger partial charge is 0.472 e. The van der Waals surface area contributed by atoms with Gasteiger partial charge in [-0.15, -0.1) is 0 Å². The van der Waals surface area contributed by atoms with Crippen LogP contribution in [0.25, 0.3) is 0 Å². The zero-order valence-electron chi connectivity index (χ0n) is 25.4. The summed E-state index contributed by atoms with van der Waals surface area (Å²) in [5.41, 5.74) is 0. The highest BCUT2D eigenvalue weighted by atomic mass is 31.2. The summed E-state index contributed by atoms with van der Waals surface area (Å²) in [5, 5.41) is 13.5. The number of phosphoric ester groups is 1. The van der Waals surface area contributed by atoms with Crippen LogP contribution in [0, 0.1) is 0 Å². The summed E-state index contributed by atoms with van der Waals surface area (Å²) >= 11 is 0. The number of carbonyl (C=O) groups is 1. The molecule has 3 unspecified atom stereocenters. The number of aliphatic hydroxyl groups excluding tert-OH is 1. The van der Waals surface area contributed by atoms with Gasteiger partial charge in [-0.3, -0.25) is 13.8 Å². The average Bonchev–Trinajstić information content (AvgIpc) is 2.86. The van der Waals surface area contributed by atoms with Crippen molar-refractivity contribution in [3.05, 3.63) is 36.5 Å². The summed E-state index contributed by atoms with van der Waals surface area (Å²) in [4.78, 5) is 22.5. The standard InChI is InChI=1S/C30H57N2O6P/c1-6-8-10-12-13-14-15-16-17-18-19-20-21-23-29(33)28(31-30(34)24-22-11-9-7-2)27-38-39(35,36)37-26-25-32(3,4)5/h13-14,17-18,21,23,28-29,33H,6-12,15-16,19-20,22,24-27H2,1-5H3,(H-,31,34,35,36)/p+1/b14-13+,18-17+,23-21+. The Balaban J connectivity index is 4.69. The first-order valence-corrected chi connectivity index (χ1v) is 16.4. The number of nitrogens with one attached hydrogen (secondary N) is 1. The fraction of sp³-hybridized carbons (Fsp3) is 0.767. The number of hydrogen-bond donors (Lipinski definition) is 3. The van der Waals surface area contributed by atoms with Gasteiger partial charge in [0.2, 0.25) is 5.91 Å². The van der Waals surface area contributed by atoms with Crippen LogP contribution >= 0.6 is 7.82 Å². The van der Waals surface area contributed by atoms with E-state index >= 15 is 0 Å². The molecular weight excluding hydrogens is 515 g/mol. The molecule has 0 spiro atoms. The van der Waals surface area contributed by atoms with Gasteiger partial charge in [0.15, 0.2) is 0 Å². The van der Waals surface area contributed by atoms with Crippen molar-refractivity contribution in [1.29, 1.82) is 0 Å². The minimum absolute atomic E-state index is 0.0525. The summed E-state index contributed by atoms with van der Waals surface area (Å²) in [6, 6.07) is -0.859. The van der Waals surface area contributed by atoms with Gasteiger partial charge in [0.1, 0.15) is 13.2 Å². The molecule has 0 aliphatic carbocycles. The van der Waals surface area contributed by atoms with Crippen LogP contribution in [0.2, 0.25) is 0 Å². The highest BCUT2D eigenvalue weighted by Gasteiger charge is 2.27. The predicted molar refractivity (Wildman–Crippen MR) is 161 cm³/mol. The molecule has 9 heteroatoms. The molecule has 3 atom stereocenters. The number of hydrogen-bond acceptors (Lipinski definition) is 5. The molecule has 0 radical (unpaired) electrons. The molecule has 0 fully saturated rings. The van der Waals surface area contributed by atoms with Crippen LogP contribution in [-0.2, 0) is 18.4 Å². The number of quaternary nitrogens is 1. The van der Waals surface area contributed by atoms with Crippen LogP contribution in [0.1, 0.15) is 97.3 Å². The van der Waals surface area contributed by atoms with E-state index in [1.54, 1.807) is 6.08 Å². The summed E-state index contributed by atoms with van der Waals surface area (Å²) in [6.07, 6.45) is 24.0. The first-order valence-electron chi connectivity index (χ1n) is 14.9. The quantitative estimate of drug-likeness (QED) is 0.0502. The van der Waals surface area contributed by atoms with Crippen LogP contribution < -0.4 is 5.32 Å². The van der Waals surface area contributed by atoms with Crippen molar-refractivity contribution in [2.75, 3.05) is 40.9 Å². The number of likely N-dealkylation sites (N-methyl/N-ethyl adjacent to an activating group) is 1. The molecule has 1 amide bonds. The molecule has 8 nitrogen and oxygen atoms in total. The maximum Gasteiger partial charge on any atom is 0.472 e. The fourth-order valence-corrected chi connectivity index (χ4v) is 4.33. The van der Waals surface area contributed by atoms with E-state index < -0.39 is 20.0 Å². The van der Waals surface area contributed by atoms with Crippen LogP contribution in [-0.4, -0.2) is 73.4 Å². The van der Waals surface area contributed by atoms with Gasteiger partial charge in [-0.25, -0.2) is 4.57 Å². The van der Waals surface area contributed by atoms with Crippen LogP contribution in [0.15, 0.2) is 36.5 Å². The Labute approximate surface area is 238 Å². The molecule has 0 rings (SSSR count). The van der Waals surface area contributed by atoms with E-state index in [9.17, 15) is 19.4 Å². The van der Waals surface area contributed by atoms with Crippen molar-refractivity contribution in [2.24, 2.45) is 0 Å². The van der Waals surface area contributed by atoms with Crippen molar-refractivity contribution >= 4 is 13.7 Å². The minimum Gasteiger partial charge on any atom is -0.387 e. The maximum atomic E-state index is 12.4. The Morgan fingerprint density at radius 2 is 1.41 bits per heavy atom. The summed E-state index contributed by atoms with van der Waals surface area (Å²) < 4.78 is 23.1. The topological polar surface area (TPSA) is 105 Å². The van der Waals surface area contributed by atoms with Gasteiger partial charge >= 0.3 is 7.82 Å². The minimum atomic E-state index is -4.32. The highest BCUT2D eigenvalue weighted by Crippen LogP contribution is 2.43. The fourth-order valence-electron chi connectivity index (χ4n) is 3.60. The summed E-state index contributed by atoms with van der Waals surface area (Å²) in [7, 11) is 1.53. The number of unbranched alkanes of at least 4 members (excludes halogenated alkanes) is 8. The van der Waals surface area contributed by atoms with Gasteiger partial charge in [0.05, 0.1) is 39.9 Å². The molecule has 0 aliphatic rings. The second-order valence-electron chi connectivity index (χ2n) is 11.1. The smallest absolute Gasteiger partial charge is 0.387 e. The molecule has 0 aromatic carbocycles. The van der Waals surface area contributed by atoms with Crippen molar-refractivity contribution < 1.29 is 32.9 Å². The summed E-state index contributed by atoms with van der Waals surface area (Å²) in [6.45, 7) is 4.57. The third-order valence-corrected chi connectivity index (χ3v) is 7.07. The molecule has 0 saturated carbocycles. The highest BCUT2D eigenvalue weighted by molar-refractivity contribution is 7.47. The predicted octanol–water partition coefficient (Wildman–Crippen LogP) is 6.45. The lowest BCUT2D eigenvalue weighted by Gasteiger charge is -2.25. The Kier molecular flexibility index (Phi) is 22.7. The Bertz CT molecular complexity index is 748. The van der Waals surface area contributed by atoms with Crippen LogP contribution in [0.5, 0.6) is 0 Å². The lowest BCUT2D eigenvalue weighted by molar-refractivity contribution is -0.870. The van der Waals surface area contributed by atoms with Crippen LogP contribution in [0.3, 0.4) is 0 Å². The average molecular weight is 574 g/mol. The first-order chi connectivity index (χ1) is 18.5. The van der Waals surface area contributed by atoms with E-state index in [2.05, 4.69) is 43.5 Å².